The van der Waals surface area contributed by atoms with Gasteiger partial charge in [0.15, 0.2) is 11.6 Å². The molecule has 8 nitrogen and oxygen atoms in total. The number of halogens is 2. The zero-order valence-electron chi connectivity index (χ0n) is 21.6. The predicted octanol–water partition coefficient (Wildman–Crippen LogP) is 5.60. The second-order valence-corrected chi connectivity index (χ2v) is 10.2. The zero-order chi connectivity index (χ0) is 27.8. The number of hydrogen-bond donors (Lipinski definition) is 1. The summed E-state index contributed by atoms with van der Waals surface area (Å²) in [4.78, 5) is 23.7. The molecule has 0 bridgehead atoms. The molecule has 202 valence electrons. The van der Waals surface area contributed by atoms with Crippen LogP contribution in [0.1, 0.15) is 25.7 Å². The lowest BCUT2D eigenvalue weighted by atomic mass is 10.1. The van der Waals surface area contributed by atoms with Gasteiger partial charge in [-0.05, 0) is 61.4 Å². The summed E-state index contributed by atoms with van der Waals surface area (Å²) in [6.07, 6.45) is 8.87. The van der Waals surface area contributed by atoms with Crippen LogP contribution < -0.4 is 10.5 Å². The molecule has 1 atom stereocenters. The number of allylic oxidation sites excluding steroid dienone is 1. The lowest BCUT2D eigenvalue weighted by Crippen LogP contribution is -2.38. The minimum atomic E-state index is -1.05. The summed E-state index contributed by atoms with van der Waals surface area (Å²) in [7, 11) is 0. The number of aromatic nitrogens is 3. The fraction of sp³-hybridized carbons (Fsp3) is 0.267. The summed E-state index contributed by atoms with van der Waals surface area (Å²) in [5, 5.41) is 10.3. The largest absolute Gasteiger partial charge is 0.454 e. The van der Waals surface area contributed by atoms with Crippen molar-refractivity contribution in [3.05, 3.63) is 78.3 Å². The maximum atomic E-state index is 14.0. The average Bonchev–Trinajstić information content (AvgIpc) is 3.54. The number of carbonyl (C=O) groups excluding carboxylic acids is 1. The number of rotatable bonds is 7. The summed E-state index contributed by atoms with van der Waals surface area (Å²) in [6, 6.07) is 12.7. The van der Waals surface area contributed by atoms with Gasteiger partial charge in [0.1, 0.15) is 35.2 Å². The number of nitriles is 1. The van der Waals surface area contributed by atoms with Gasteiger partial charge in [-0.2, -0.15) is 9.65 Å². The average molecular weight is 541 g/mol. The molecule has 3 heterocycles. The summed E-state index contributed by atoms with van der Waals surface area (Å²) in [6.45, 7) is 1.09. The topological polar surface area (TPSA) is 110 Å². The summed E-state index contributed by atoms with van der Waals surface area (Å²) in [5.41, 5.74) is 8.74. The summed E-state index contributed by atoms with van der Waals surface area (Å²) < 4.78 is 35.1. The van der Waals surface area contributed by atoms with Gasteiger partial charge >= 0.3 is 0 Å². The second kappa shape index (κ2) is 10.4. The van der Waals surface area contributed by atoms with E-state index in [1.54, 1.807) is 29.2 Å². The molecule has 40 heavy (non-hydrogen) atoms. The Labute approximate surface area is 229 Å². The molecule has 2 aromatic heterocycles. The lowest BCUT2D eigenvalue weighted by molar-refractivity contribution is -0.127. The van der Waals surface area contributed by atoms with Crippen LogP contribution in [0.3, 0.4) is 0 Å². The number of nitrogens with zero attached hydrogens (tertiary/aromatic N) is 5. The first-order valence-electron chi connectivity index (χ1n) is 13.2. The molecule has 0 unspecified atom stereocenters. The molecule has 4 aromatic rings. The number of fused-ring (bicyclic) bond motifs is 1. The van der Waals surface area contributed by atoms with Crippen LogP contribution in [-0.2, 0) is 11.3 Å². The van der Waals surface area contributed by atoms with Crippen molar-refractivity contribution in [2.75, 3.05) is 12.3 Å². The number of likely N-dealkylation sites (tertiary alicyclic amines) is 1. The normalized spacial score (nSPS) is 17.3. The predicted molar refractivity (Wildman–Crippen MR) is 145 cm³/mol. The van der Waals surface area contributed by atoms with Crippen molar-refractivity contribution in [2.45, 2.75) is 38.3 Å². The minimum absolute atomic E-state index is 0.0972. The number of carbonyl (C=O) groups is 1. The second-order valence-electron chi connectivity index (χ2n) is 10.2. The van der Waals surface area contributed by atoms with E-state index >= 15 is 0 Å². The smallest absolute Gasteiger partial charge is 0.264 e. The van der Waals surface area contributed by atoms with Crippen LogP contribution in [0, 0.1) is 28.9 Å². The van der Waals surface area contributed by atoms with Crippen molar-refractivity contribution in [1.29, 1.82) is 5.26 Å². The molecule has 1 aliphatic heterocycles. The molecule has 2 aliphatic rings. The molecule has 1 aliphatic carbocycles. The molecule has 2 aromatic carbocycles. The van der Waals surface area contributed by atoms with E-state index in [2.05, 4.69) is 16.0 Å². The van der Waals surface area contributed by atoms with Crippen molar-refractivity contribution in [1.82, 2.24) is 19.4 Å². The minimum Gasteiger partial charge on any atom is -0.454 e. The summed E-state index contributed by atoms with van der Waals surface area (Å²) in [5.74, 6) is -1.46. The van der Waals surface area contributed by atoms with E-state index in [1.807, 2.05) is 16.8 Å². The van der Waals surface area contributed by atoms with Gasteiger partial charge in [0.2, 0.25) is 5.82 Å². The number of hydrogen-bond acceptors (Lipinski definition) is 6. The van der Waals surface area contributed by atoms with Crippen molar-refractivity contribution in [3.8, 4) is 28.7 Å². The molecule has 6 rings (SSSR count). The summed E-state index contributed by atoms with van der Waals surface area (Å²) >= 11 is 0. The quantitative estimate of drug-likeness (QED) is 0.241. The number of amides is 1. The Hall–Kier alpha value is -4.78. The van der Waals surface area contributed by atoms with Gasteiger partial charge in [-0.15, -0.1) is 0 Å². The number of nitrogen functional groups attached to an aromatic ring is 1. The van der Waals surface area contributed by atoms with Gasteiger partial charge in [-0.25, -0.2) is 14.4 Å². The van der Waals surface area contributed by atoms with Gasteiger partial charge in [0, 0.05) is 24.8 Å². The Balaban J connectivity index is 1.28. The maximum Gasteiger partial charge on any atom is 0.264 e. The van der Waals surface area contributed by atoms with E-state index in [0.29, 0.717) is 41.6 Å². The van der Waals surface area contributed by atoms with E-state index in [0.717, 1.165) is 42.9 Å². The lowest BCUT2D eigenvalue weighted by Gasteiger charge is -2.25. The van der Waals surface area contributed by atoms with Crippen molar-refractivity contribution in [3.63, 3.8) is 0 Å². The molecular weight excluding hydrogens is 514 g/mol. The third-order valence-corrected chi connectivity index (χ3v) is 7.41. The first-order valence-corrected chi connectivity index (χ1v) is 13.2. The SMILES string of the molecule is N#C/C(=C/C1CC1)C(=O)N1CCC[C@@H]1Cn1cc(-c2ccc(Oc3cccc(F)c3F)cc2)c2c(N)ncnc21. The highest BCUT2D eigenvalue weighted by atomic mass is 19.2. The van der Waals surface area contributed by atoms with Gasteiger partial charge in [0.25, 0.3) is 5.91 Å². The molecule has 1 saturated heterocycles. The van der Waals surface area contributed by atoms with Crippen LogP contribution in [0.4, 0.5) is 14.6 Å². The fourth-order valence-electron chi connectivity index (χ4n) is 5.23. The van der Waals surface area contributed by atoms with Gasteiger partial charge in [-0.1, -0.05) is 24.3 Å². The highest BCUT2D eigenvalue weighted by molar-refractivity contribution is 6.01. The number of ether oxygens (including phenoxy) is 1. The maximum absolute atomic E-state index is 14.0. The first kappa shape index (κ1) is 25.5. The zero-order valence-corrected chi connectivity index (χ0v) is 21.6. The van der Waals surface area contributed by atoms with E-state index in [-0.39, 0.29) is 23.3 Å². The highest BCUT2D eigenvalue weighted by Gasteiger charge is 2.33. The first-order chi connectivity index (χ1) is 19.4. The van der Waals surface area contributed by atoms with Gasteiger partial charge in [-0.3, -0.25) is 4.79 Å². The Morgan fingerprint density at radius 3 is 2.70 bits per heavy atom. The monoisotopic (exact) mass is 540 g/mol. The Kier molecular flexibility index (Phi) is 6.64. The fourth-order valence-corrected chi connectivity index (χ4v) is 5.23. The van der Waals surface area contributed by atoms with E-state index in [4.69, 9.17) is 10.5 Å². The molecule has 0 spiro atoms. The molecule has 1 saturated carbocycles. The number of anilines is 1. The van der Waals surface area contributed by atoms with Crippen LogP contribution in [-0.4, -0.2) is 37.9 Å². The van der Waals surface area contributed by atoms with Crippen molar-refractivity contribution >= 4 is 22.8 Å². The van der Waals surface area contributed by atoms with Crippen molar-refractivity contribution < 1.29 is 18.3 Å². The molecule has 1 amide bonds. The van der Waals surface area contributed by atoms with Crippen LogP contribution in [0.2, 0.25) is 0 Å². The van der Waals surface area contributed by atoms with Crippen LogP contribution in [0.25, 0.3) is 22.2 Å². The van der Waals surface area contributed by atoms with Gasteiger partial charge in [0.05, 0.1) is 11.4 Å². The van der Waals surface area contributed by atoms with E-state index in [1.165, 1.54) is 18.5 Å². The molecule has 0 radical (unpaired) electrons. The van der Waals surface area contributed by atoms with Crippen LogP contribution in [0.15, 0.2) is 66.6 Å². The Morgan fingerprint density at radius 1 is 1.15 bits per heavy atom. The standard InChI is InChI=1S/C30H26F2N6O2/c31-24-4-1-5-25(27(24)32)40-22-10-8-19(9-11-22)23-16-37(29-26(23)28(34)35-17-36-29)15-21-3-2-12-38(21)30(39)20(14-33)13-18-6-7-18/h1,4-5,8-11,13,16-18,21H,2-3,6-7,12,15H2,(H2,34,35,36)/b20-13-/t21-/m1/s1. The van der Waals surface area contributed by atoms with Crippen LogP contribution in [0.5, 0.6) is 11.5 Å². The third kappa shape index (κ3) is 4.86. The van der Waals surface area contributed by atoms with Gasteiger partial charge < -0.3 is 19.9 Å². The van der Waals surface area contributed by atoms with E-state index in [9.17, 15) is 18.8 Å². The Bertz CT molecular complexity index is 1670. The Morgan fingerprint density at radius 2 is 1.95 bits per heavy atom. The van der Waals surface area contributed by atoms with Crippen molar-refractivity contribution in [2.24, 2.45) is 5.92 Å². The molecule has 2 N–H and O–H groups in total. The third-order valence-electron chi connectivity index (χ3n) is 7.41. The van der Waals surface area contributed by atoms with Crippen LogP contribution >= 0.6 is 0 Å². The number of benzene rings is 2. The number of nitrogens with two attached hydrogens (primary N) is 1. The molecular formula is C30H26F2N6O2. The van der Waals surface area contributed by atoms with E-state index < -0.39 is 11.6 Å². The molecule has 2 fully saturated rings. The highest BCUT2D eigenvalue weighted by Crippen LogP contribution is 2.36. The molecule has 10 heteroatoms.